The third kappa shape index (κ3) is 6.06. The molecule has 1 amide bonds. The average Bonchev–Trinajstić information content (AvgIpc) is 2.13. The highest BCUT2D eigenvalue weighted by atomic mass is 16.4. The van der Waals surface area contributed by atoms with Gasteiger partial charge in [0, 0.05) is 13.6 Å². The van der Waals surface area contributed by atoms with Gasteiger partial charge in [-0.3, -0.25) is 9.59 Å². The highest BCUT2D eigenvalue weighted by Crippen LogP contribution is 2.02. The van der Waals surface area contributed by atoms with Crippen LogP contribution in [0.5, 0.6) is 0 Å². The molecule has 0 bridgehead atoms. The maximum Gasteiger partial charge on any atom is 0.321 e. The van der Waals surface area contributed by atoms with Crippen LogP contribution in [0.1, 0.15) is 26.7 Å². The third-order valence-corrected chi connectivity index (χ3v) is 2.18. The first-order chi connectivity index (χ1) is 6.84. The summed E-state index contributed by atoms with van der Waals surface area (Å²) < 4.78 is 0. The molecule has 1 atom stereocenters. The van der Waals surface area contributed by atoms with Gasteiger partial charge in [0.1, 0.15) is 6.04 Å². The molecule has 5 heteroatoms. The van der Waals surface area contributed by atoms with E-state index in [0.29, 0.717) is 12.5 Å². The molecule has 15 heavy (non-hydrogen) atoms. The van der Waals surface area contributed by atoms with E-state index in [-0.39, 0.29) is 12.3 Å². The minimum absolute atomic E-state index is 0.135. The highest BCUT2D eigenvalue weighted by molar-refractivity contribution is 5.84. The van der Waals surface area contributed by atoms with Gasteiger partial charge in [-0.25, -0.2) is 0 Å². The molecule has 3 N–H and O–H groups in total. The predicted octanol–water partition coefficient (Wildman–Crippen LogP) is 0.293. The minimum atomic E-state index is -1.14. The summed E-state index contributed by atoms with van der Waals surface area (Å²) in [5, 5.41) is 8.54. The zero-order valence-electron chi connectivity index (χ0n) is 9.56. The van der Waals surface area contributed by atoms with Crippen molar-refractivity contribution in [2.45, 2.75) is 32.7 Å². The lowest BCUT2D eigenvalue weighted by molar-refractivity contribution is -0.142. The topological polar surface area (TPSA) is 83.6 Å². The van der Waals surface area contributed by atoms with Crippen LogP contribution >= 0.6 is 0 Å². The number of carbonyl (C=O) groups excluding carboxylic acids is 1. The summed E-state index contributed by atoms with van der Waals surface area (Å²) in [4.78, 5) is 23.4. The lowest BCUT2D eigenvalue weighted by atomic mass is 10.1. The number of amides is 1. The molecule has 0 saturated heterocycles. The van der Waals surface area contributed by atoms with E-state index in [9.17, 15) is 9.59 Å². The van der Waals surface area contributed by atoms with Gasteiger partial charge in [0.2, 0.25) is 5.91 Å². The predicted molar refractivity (Wildman–Crippen MR) is 57.3 cm³/mol. The Labute approximate surface area is 90.2 Å². The van der Waals surface area contributed by atoms with Crippen molar-refractivity contribution in [3.8, 4) is 0 Å². The van der Waals surface area contributed by atoms with E-state index in [0.717, 1.165) is 6.42 Å². The van der Waals surface area contributed by atoms with E-state index in [4.69, 9.17) is 10.8 Å². The first-order valence-corrected chi connectivity index (χ1v) is 5.07. The second-order valence-electron chi connectivity index (χ2n) is 4.15. The third-order valence-electron chi connectivity index (χ3n) is 2.18. The normalized spacial score (nSPS) is 12.6. The van der Waals surface area contributed by atoms with Crippen molar-refractivity contribution in [3.05, 3.63) is 0 Å². The van der Waals surface area contributed by atoms with Crippen LogP contribution in [0.15, 0.2) is 0 Å². The van der Waals surface area contributed by atoms with Crippen LogP contribution in [0.25, 0.3) is 0 Å². The second kappa shape index (κ2) is 6.40. The number of carboxylic acid groups (broad SMARTS) is 1. The Morgan fingerprint density at radius 2 is 1.93 bits per heavy atom. The quantitative estimate of drug-likeness (QED) is 0.668. The van der Waals surface area contributed by atoms with Crippen LogP contribution in [0, 0.1) is 5.92 Å². The molecular formula is C10H20N2O3. The molecule has 0 fully saturated rings. The average molecular weight is 216 g/mol. The summed E-state index contributed by atoms with van der Waals surface area (Å²) >= 11 is 0. The SMILES string of the molecule is CC(C)CCN(C)C(=O)CC(N)C(=O)O. The van der Waals surface area contributed by atoms with E-state index in [1.165, 1.54) is 4.90 Å². The summed E-state index contributed by atoms with van der Waals surface area (Å²) in [6.45, 7) is 4.78. The van der Waals surface area contributed by atoms with Gasteiger partial charge >= 0.3 is 5.97 Å². The number of carbonyl (C=O) groups is 2. The van der Waals surface area contributed by atoms with Crippen molar-refractivity contribution in [3.63, 3.8) is 0 Å². The van der Waals surface area contributed by atoms with E-state index in [1.807, 2.05) is 0 Å². The van der Waals surface area contributed by atoms with Gasteiger partial charge in [-0.05, 0) is 12.3 Å². The molecule has 0 heterocycles. The maximum atomic E-state index is 11.5. The Kier molecular flexibility index (Phi) is 5.93. The number of nitrogens with two attached hydrogens (primary N) is 1. The fraction of sp³-hybridized carbons (Fsp3) is 0.800. The highest BCUT2D eigenvalue weighted by Gasteiger charge is 2.18. The van der Waals surface area contributed by atoms with Crippen LogP contribution in [0.4, 0.5) is 0 Å². The summed E-state index contributed by atoms with van der Waals surface area (Å²) in [7, 11) is 1.67. The molecule has 0 spiro atoms. The lowest BCUT2D eigenvalue weighted by Gasteiger charge is -2.19. The minimum Gasteiger partial charge on any atom is -0.480 e. The van der Waals surface area contributed by atoms with Crippen molar-refractivity contribution in [1.29, 1.82) is 0 Å². The molecule has 0 aromatic carbocycles. The number of carboxylic acids is 1. The first-order valence-electron chi connectivity index (χ1n) is 5.07. The van der Waals surface area contributed by atoms with Crippen molar-refractivity contribution in [2.24, 2.45) is 11.7 Å². The van der Waals surface area contributed by atoms with Crippen LogP contribution in [-0.2, 0) is 9.59 Å². The Balaban J connectivity index is 3.94. The molecule has 1 unspecified atom stereocenters. The molecule has 5 nitrogen and oxygen atoms in total. The number of nitrogens with zero attached hydrogens (tertiary/aromatic N) is 1. The van der Waals surface area contributed by atoms with Crippen molar-refractivity contribution >= 4 is 11.9 Å². The number of aliphatic carboxylic acids is 1. The van der Waals surface area contributed by atoms with E-state index >= 15 is 0 Å². The van der Waals surface area contributed by atoms with Gasteiger partial charge < -0.3 is 15.7 Å². The maximum absolute atomic E-state index is 11.5. The molecule has 0 saturated carbocycles. The van der Waals surface area contributed by atoms with Crippen LogP contribution < -0.4 is 5.73 Å². The van der Waals surface area contributed by atoms with Gasteiger partial charge in [-0.15, -0.1) is 0 Å². The molecule has 0 aromatic heterocycles. The monoisotopic (exact) mass is 216 g/mol. The zero-order chi connectivity index (χ0) is 12.0. The van der Waals surface area contributed by atoms with Gasteiger partial charge in [0.05, 0.1) is 6.42 Å². The molecule has 0 radical (unpaired) electrons. The second-order valence-corrected chi connectivity index (χ2v) is 4.15. The molecule has 0 aromatic rings. The molecule has 0 aliphatic heterocycles. The molecular weight excluding hydrogens is 196 g/mol. The molecule has 0 aliphatic rings. The summed E-state index contributed by atoms with van der Waals surface area (Å²) in [6, 6.07) is -1.10. The fourth-order valence-electron chi connectivity index (χ4n) is 1.01. The Bertz CT molecular complexity index is 229. The summed E-state index contributed by atoms with van der Waals surface area (Å²) in [5.41, 5.74) is 5.26. The Morgan fingerprint density at radius 1 is 1.40 bits per heavy atom. The van der Waals surface area contributed by atoms with Crippen LogP contribution in [0.2, 0.25) is 0 Å². The Hall–Kier alpha value is -1.10. The summed E-state index contributed by atoms with van der Waals surface area (Å²) in [5.74, 6) is -0.834. The van der Waals surface area contributed by atoms with Gasteiger partial charge in [-0.2, -0.15) is 0 Å². The van der Waals surface area contributed by atoms with Crippen LogP contribution in [-0.4, -0.2) is 41.5 Å². The van der Waals surface area contributed by atoms with E-state index in [2.05, 4.69) is 13.8 Å². The molecule has 0 aliphatic carbocycles. The van der Waals surface area contributed by atoms with Crippen molar-refractivity contribution in [2.75, 3.05) is 13.6 Å². The number of hydrogen-bond acceptors (Lipinski definition) is 3. The Morgan fingerprint density at radius 3 is 2.33 bits per heavy atom. The van der Waals surface area contributed by atoms with Crippen LogP contribution in [0.3, 0.4) is 0 Å². The van der Waals surface area contributed by atoms with Gasteiger partial charge in [0.15, 0.2) is 0 Å². The smallest absolute Gasteiger partial charge is 0.321 e. The van der Waals surface area contributed by atoms with Crippen molar-refractivity contribution in [1.82, 2.24) is 4.90 Å². The van der Waals surface area contributed by atoms with Gasteiger partial charge in [0.25, 0.3) is 0 Å². The lowest BCUT2D eigenvalue weighted by Crippen LogP contribution is -2.38. The molecule has 88 valence electrons. The largest absolute Gasteiger partial charge is 0.480 e. The van der Waals surface area contributed by atoms with E-state index < -0.39 is 12.0 Å². The summed E-state index contributed by atoms with van der Waals surface area (Å²) in [6.07, 6.45) is 0.772. The zero-order valence-corrected chi connectivity index (χ0v) is 9.56. The first kappa shape index (κ1) is 13.9. The van der Waals surface area contributed by atoms with Gasteiger partial charge in [-0.1, -0.05) is 13.8 Å². The molecule has 0 rings (SSSR count). The van der Waals surface area contributed by atoms with Crippen molar-refractivity contribution < 1.29 is 14.7 Å². The van der Waals surface area contributed by atoms with E-state index in [1.54, 1.807) is 7.05 Å². The fourth-order valence-corrected chi connectivity index (χ4v) is 1.01. The number of rotatable bonds is 6. The standard InChI is InChI=1S/C10H20N2O3/c1-7(2)4-5-12(3)9(13)6-8(11)10(14)15/h7-8H,4-6,11H2,1-3H3,(H,14,15). The number of hydrogen-bond donors (Lipinski definition) is 2.